The number of thiophene rings is 1. The third-order valence-electron chi connectivity index (χ3n) is 5.75. The second-order valence-electron chi connectivity index (χ2n) is 8.36. The summed E-state index contributed by atoms with van der Waals surface area (Å²) in [5.74, 6) is -0.905. The molecule has 2 aromatic heterocycles. The lowest BCUT2D eigenvalue weighted by molar-refractivity contribution is -0.137. The number of aryl methyl sites for hydroxylation is 1. The minimum atomic E-state index is -4.47. The molecule has 0 unspecified atom stereocenters. The number of aromatic nitrogens is 2. The van der Waals surface area contributed by atoms with Crippen molar-refractivity contribution < 1.29 is 32.6 Å². The Kier molecular flexibility index (Phi) is 7.76. The first-order chi connectivity index (χ1) is 17.5. The first kappa shape index (κ1) is 26.5. The zero-order chi connectivity index (χ0) is 26.7. The van der Waals surface area contributed by atoms with E-state index >= 15 is 0 Å². The van der Waals surface area contributed by atoms with Crippen molar-refractivity contribution in [3.05, 3.63) is 57.4 Å². The number of hydrogen-bond donors (Lipinski definition) is 2. The number of ketones is 1. The van der Waals surface area contributed by atoms with Crippen molar-refractivity contribution in [1.82, 2.24) is 20.1 Å². The Bertz CT molecular complexity index is 1330. The SMILES string of the molecule is C/C(=N\NC(=O)c1ccc(C(=O)CN2CCOCC2)s1)c1nn(C)c(-c2ccc(C(F)(F)F)cc2)c1O. The van der Waals surface area contributed by atoms with Crippen LogP contribution >= 0.6 is 11.3 Å². The number of hydrazone groups is 1. The highest BCUT2D eigenvalue weighted by Gasteiger charge is 2.30. The van der Waals surface area contributed by atoms with E-state index in [9.17, 15) is 27.9 Å². The Morgan fingerprint density at radius 3 is 2.43 bits per heavy atom. The number of hydrogen-bond acceptors (Lipinski definition) is 8. The molecule has 1 aromatic carbocycles. The fourth-order valence-electron chi connectivity index (χ4n) is 3.79. The molecule has 3 aromatic rings. The Balaban J connectivity index is 1.44. The summed E-state index contributed by atoms with van der Waals surface area (Å²) >= 11 is 1.06. The van der Waals surface area contributed by atoms with Gasteiger partial charge < -0.3 is 9.84 Å². The summed E-state index contributed by atoms with van der Waals surface area (Å²) in [6.07, 6.45) is -4.47. The Morgan fingerprint density at radius 1 is 1.14 bits per heavy atom. The molecule has 196 valence electrons. The zero-order valence-corrected chi connectivity index (χ0v) is 20.8. The second-order valence-corrected chi connectivity index (χ2v) is 9.44. The molecule has 1 amide bonds. The summed E-state index contributed by atoms with van der Waals surface area (Å²) in [5.41, 5.74) is 2.35. The van der Waals surface area contributed by atoms with Gasteiger partial charge in [0.1, 0.15) is 5.69 Å². The minimum Gasteiger partial charge on any atom is -0.504 e. The maximum atomic E-state index is 12.9. The number of nitrogens with zero attached hydrogens (tertiary/aromatic N) is 4. The van der Waals surface area contributed by atoms with E-state index in [4.69, 9.17) is 4.74 Å². The molecule has 2 N–H and O–H groups in total. The number of rotatable bonds is 7. The topological polar surface area (TPSA) is 109 Å². The van der Waals surface area contributed by atoms with Gasteiger partial charge in [-0.2, -0.15) is 23.4 Å². The molecule has 0 spiro atoms. The number of ether oxygens (including phenoxy) is 1. The molecule has 0 aliphatic carbocycles. The van der Waals surface area contributed by atoms with Gasteiger partial charge >= 0.3 is 6.18 Å². The van der Waals surface area contributed by atoms with Gasteiger partial charge in [0.25, 0.3) is 5.91 Å². The molecule has 0 saturated carbocycles. The minimum absolute atomic E-state index is 0.0604. The smallest absolute Gasteiger partial charge is 0.416 e. The van der Waals surface area contributed by atoms with Gasteiger partial charge in [-0.05, 0) is 31.2 Å². The van der Waals surface area contributed by atoms with Crippen LogP contribution in [0.4, 0.5) is 13.2 Å². The van der Waals surface area contributed by atoms with Crippen LogP contribution in [0.25, 0.3) is 11.3 Å². The van der Waals surface area contributed by atoms with Crippen LogP contribution in [-0.4, -0.2) is 70.0 Å². The van der Waals surface area contributed by atoms with E-state index in [2.05, 4.69) is 15.6 Å². The van der Waals surface area contributed by atoms with E-state index < -0.39 is 17.6 Å². The average molecular weight is 536 g/mol. The number of aromatic hydroxyl groups is 1. The molecule has 13 heteroatoms. The summed E-state index contributed by atoms with van der Waals surface area (Å²) in [7, 11) is 1.53. The fourth-order valence-corrected chi connectivity index (χ4v) is 4.62. The number of carbonyl (C=O) groups is 2. The van der Waals surface area contributed by atoms with Gasteiger partial charge in [-0.1, -0.05) is 12.1 Å². The van der Waals surface area contributed by atoms with Crippen molar-refractivity contribution >= 4 is 28.7 Å². The summed E-state index contributed by atoms with van der Waals surface area (Å²) in [4.78, 5) is 27.8. The lowest BCUT2D eigenvalue weighted by Gasteiger charge is -2.25. The van der Waals surface area contributed by atoms with E-state index in [-0.39, 0.29) is 40.1 Å². The first-order valence-corrected chi connectivity index (χ1v) is 12.1. The van der Waals surface area contributed by atoms with E-state index in [0.29, 0.717) is 36.7 Å². The third kappa shape index (κ3) is 6.06. The number of carbonyl (C=O) groups excluding carboxylic acids is 2. The molecule has 0 bridgehead atoms. The highest BCUT2D eigenvalue weighted by molar-refractivity contribution is 7.16. The van der Waals surface area contributed by atoms with Crippen molar-refractivity contribution in [2.45, 2.75) is 13.1 Å². The van der Waals surface area contributed by atoms with Crippen molar-refractivity contribution in [3.8, 4) is 17.0 Å². The first-order valence-electron chi connectivity index (χ1n) is 11.3. The maximum Gasteiger partial charge on any atom is 0.416 e. The summed E-state index contributed by atoms with van der Waals surface area (Å²) in [6, 6.07) is 7.46. The van der Waals surface area contributed by atoms with Gasteiger partial charge in [0, 0.05) is 25.7 Å². The Morgan fingerprint density at radius 2 is 1.78 bits per heavy atom. The van der Waals surface area contributed by atoms with E-state index in [1.54, 1.807) is 12.1 Å². The van der Waals surface area contributed by atoms with Gasteiger partial charge in [0.2, 0.25) is 0 Å². The molecule has 1 saturated heterocycles. The van der Waals surface area contributed by atoms with Gasteiger partial charge in [-0.25, -0.2) is 5.43 Å². The normalized spacial score (nSPS) is 15.1. The van der Waals surface area contributed by atoms with Crippen LogP contribution in [0.2, 0.25) is 0 Å². The number of benzene rings is 1. The molecule has 1 aliphatic heterocycles. The van der Waals surface area contributed by atoms with E-state index in [0.717, 1.165) is 23.5 Å². The summed E-state index contributed by atoms with van der Waals surface area (Å²) in [5, 5.41) is 18.9. The van der Waals surface area contributed by atoms with Crippen molar-refractivity contribution in [3.63, 3.8) is 0 Å². The quantitative estimate of drug-likeness (QED) is 0.272. The number of Topliss-reactive ketones (excluding diaryl/α,β-unsaturated/α-hetero) is 1. The number of nitrogens with one attached hydrogen (secondary N) is 1. The van der Waals surface area contributed by atoms with Crippen LogP contribution < -0.4 is 5.43 Å². The Labute approximate surface area is 214 Å². The highest BCUT2D eigenvalue weighted by Crippen LogP contribution is 2.35. The van der Waals surface area contributed by atoms with Gasteiger partial charge in [0.15, 0.2) is 17.2 Å². The van der Waals surface area contributed by atoms with Crippen LogP contribution in [-0.2, 0) is 18.0 Å². The van der Waals surface area contributed by atoms with Crippen LogP contribution in [0.3, 0.4) is 0 Å². The van der Waals surface area contributed by atoms with Gasteiger partial charge in [-0.3, -0.25) is 19.2 Å². The van der Waals surface area contributed by atoms with Crippen LogP contribution in [0.1, 0.15) is 37.5 Å². The largest absolute Gasteiger partial charge is 0.504 e. The summed E-state index contributed by atoms with van der Waals surface area (Å²) in [6.45, 7) is 4.30. The van der Waals surface area contributed by atoms with Crippen LogP contribution in [0.5, 0.6) is 5.75 Å². The van der Waals surface area contributed by atoms with E-state index in [1.165, 1.54) is 30.8 Å². The maximum absolute atomic E-state index is 12.9. The van der Waals surface area contributed by atoms with E-state index in [1.807, 2.05) is 4.90 Å². The van der Waals surface area contributed by atoms with Crippen LogP contribution in [0, 0.1) is 0 Å². The lowest BCUT2D eigenvalue weighted by atomic mass is 10.1. The predicted molar refractivity (Wildman–Crippen MR) is 131 cm³/mol. The van der Waals surface area contributed by atoms with Crippen molar-refractivity contribution in [2.24, 2.45) is 12.1 Å². The van der Waals surface area contributed by atoms with Crippen LogP contribution in [0.15, 0.2) is 41.5 Å². The van der Waals surface area contributed by atoms with Gasteiger partial charge in [0.05, 0.1) is 40.8 Å². The molecule has 0 radical (unpaired) electrons. The zero-order valence-electron chi connectivity index (χ0n) is 20.0. The average Bonchev–Trinajstić information content (AvgIpc) is 3.47. The standard InChI is InChI=1S/C24H24F3N5O4S/c1-14(20-22(34)21(31(2)30-20)15-3-5-16(6-4-15)24(25,26)27)28-29-23(35)19-8-7-18(37-19)17(33)13-32-9-11-36-12-10-32/h3-8,34H,9-13H2,1-2H3,(H,29,35)/b28-14+. The Hall–Kier alpha value is -3.55. The van der Waals surface area contributed by atoms with Crippen molar-refractivity contribution in [1.29, 1.82) is 0 Å². The third-order valence-corrected chi connectivity index (χ3v) is 6.88. The van der Waals surface area contributed by atoms with Gasteiger partial charge in [-0.15, -0.1) is 11.3 Å². The fraction of sp³-hybridized carbons (Fsp3) is 0.333. The number of alkyl halides is 3. The molecule has 37 heavy (non-hydrogen) atoms. The summed E-state index contributed by atoms with van der Waals surface area (Å²) < 4.78 is 45.2. The number of halogens is 3. The second kappa shape index (κ2) is 10.8. The lowest BCUT2D eigenvalue weighted by Crippen LogP contribution is -2.39. The molecular weight excluding hydrogens is 511 g/mol. The monoisotopic (exact) mass is 535 g/mol. The molecule has 9 nitrogen and oxygen atoms in total. The molecule has 4 rings (SSSR count). The van der Waals surface area contributed by atoms with Crippen molar-refractivity contribution in [2.75, 3.05) is 32.8 Å². The molecule has 3 heterocycles. The molecule has 0 atom stereocenters. The molecule has 1 fully saturated rings. The number of amides is 1. The molecule has 1 aliphatic rings. The molecular formula is C24H24F3N5O4S. The predicted octanol–water partition coefficient (Wildman–Crippen LogP) is 3.54. The number of morpholine rings is 1. The highest BCUT2D eigenvalue weighted by atomic mass is 32.1.